The van der Waals surface area contributed by atoms with Crippen LogP contribution in [-0.2, 0) is 6.54 Å². The van der Waals surface area contributed by atoms with Crippen LogP contribution in [0.3, 0.4) is 0 Å². The highest BCUT2D eigenvalue weighted by Crippen LogP contribution is 2.31. The second kappa shape index (κ2) is 7.90. The first-order valence-corrected chi connectivity index (χ1v) is 9.85. The fourth-order valence-corrected chi connectivity index (χ4v) is 3.86. The molecule has 0 spiro atoms. The molecule has 6 nitrogen and oxygen atoms in total. The molecule has 3 aromatic heterocycles. The Morgan fingerprint density at radius 2 is 2.00 bits per heavy atom. The molecule has 0 saturated carbocycles. The molecule has 0 aliphatic rings. The fourth-order valence-electron chi connectivity index (χ4n) is 2.89. The zero-order valence-corrected chi connectivity index (χ0v) is 16.4. The second-order valence-corrected chi connectivity index (χ2v) is 7.79. The molecule has 142 valence electrons. The van der Waals surface area contributed by atoms with Crippen molar-refractivity contribution in [3.05, 3.63) is 78.1 Å². The average molecular weight is 392 g/mol. The molecule has 1 aromatic carbocycles. The van der Waals surface area contributed by atoms with Crippen LogP contribution >= 0.6 is 11.8 Å². The van der Waals surface area contributed by atoms with Crippen molar-refractivity contribution in [1.82, 2.24) is 19.9 Å². The Hall–Kier alpha value is -3.06. The van der Waals surface area contributed by atoms with Crippen LogP contribution in [0.4, 0.5) is 0 Å². The minimum atomic E-state index is -0.225. The minimum absolute atomic E-state index is 0.225. The van der Waals surface area contributed by atoms with Gasteiger partial charge in [0, 0.05) is 28.5 Å². The summed E-state index contributed by atoms with van der Waals surface area (Å²) in [5.41, 5.74) is 1.88. The maximum absolute atomic E-state index is 12.1. The third-order valence-electron chi connectivity index (χ3n) is 4.30. The van der Waals surface area contributed by atoms with Crippen LogP contribution in [0.25, 0.3) is 5.65 Å². The van der Waals surface area contributed by atoms with Crippen LogP contribution in [0, 0.1) is 0 Å². The van der Waals surface area contributed by atoms with Crippen molar-refractivity contribution in [3.63, 3.8) is 0 Å². The van der Waals surface area contributed by atoms with Crippen molar-refractivity contribution < 1.29 is 9.21 Å². The van der Waals surface area contributed by atoms with E-state index in [0.29, 0.717) is 18.2 Å². The summed E-state index contributed by atoms with van der Waals surface area (Å²) in [5.74, 6) is 1.32. The number of hydrogen-bond acceptors (Lipinski definition) is 5. The second-order valence-electron chi connectivity index (χ2n) is 6.68. The number of furan rings is 1. The number of amides is 1. The summed E-state index contributed by atoms with van der Waals surface area (Å²) in [6, 6.07) is 15.4. The Balaban J connectivity index is 1.54. The Bertz CT molecular complexity index is 1100. The summed E-state index contributed by atoms with van der Waals surface area (Å²) in [6.45, 7) is 4.63. The molecule has 0 aliphatic heterocycles. The van der Waals surface area contributed by atoms with Crippen LogP contribution in [-0.4, -0.2) is 20.5 Å². The molecule has 1 N–H and O–H groups in total. The SMILES string of the molecule is CC(C)c1nnc2ccc(Sc3ccccc3CNC(=O)c3ccco3)cn12. The van der Waals surface area contributed by atoms with Gasteiger partial charge in [0.25, 0.3) is 5.91 Å². The van der Waals surface area contributed by atoms with Gasteiger partial charge in [-0.1, -0.05) is 43.8 Å². The number of carbonyl (C=O) groups is 1. The first-order valence-electron chi connectivity index (χ1n) is 9.04. The van der Waals surface area contributed by atoms with Crippen molar-refractivity contribution in [2.24, 2.45) is 0 Å². The third-order valence-corrected chi connectivity index (χ3v) is 5.40. The third kappa shape index (κ3) is 3.80. The van der Waals surface area contributed by atoms with E-state index in [-0.39, 0.29) is 5.91 Å². The van der Waals surface area contributed by atoms with Crippen LogP contribution in [0.2, 0.25) is 0 Å². The van der Waals surface area contributed by atoms with E-state index in [0.717, 1.165) is 26.8 Å². The molecule has 0 saturated heterocycles. The van der Waals surface area contributed by atoms with E-state index in [1.54, 1.807) is 23.9 Å². The maximum Gasteiger partial charge on any atom is 0.287 e. The topological polar surface area (TPSA) is 72.4 Å². The van der Waals surface area contributed by atoms with Crippen molar-refractivity contribution in [1.29, 1.82) is 0 Å². The van der Waals surface area contributed by atoms with Gasteiger partial charge in [-0.15, -0.1) is 10.2 Å². The molecule has 0 radical (unpaired) electrons. The average Bonchev–Trinajstić information content (AvgIpc) is 3.36. The molecule has 0 aliphatic carbocycles. The van der Waals surface area contributed by atoms with Crippen LogP contribution in [0.5, 0.6) is 0 Å². The molecule has 3 heterocycles. The number of nitrogens with one attached hydrogen (secondary N) is 1. The monoisotopic (exact) mass is 392 g/mol. The molecule has 28 heavy (non-hydrogen) atoms. The Morgan fingerprint density at radius 1 is 1.14 bits per heavy atom. The van der Waals surface area contributed by atoms with E-state index < -0.39 is 0 Å². The maximum atomic E-state index is 12.1. The summed E-state index contributed by atoms with van der Waals surface area (Å²) >= 11 is 1.65. The van der Waals surface area contributed by atoms with Gasteiger partial charge in [0.1, 0.15) is 5.82 Å². The number of hydrogen-bond donors (Lipinski definition) is 1. The largest absolute Gasteiger partial charge is 0.459 e. The highest BCUT2D eigenvalue weighted by Gasteiger charge is 2.12. The zero-order valence-electron chi connectivity index (χ0n) is 15.6. The number of fused-ring (bicyclic) bond motifs is 1. The number of aromatic nitrogens is 3. The number of nitrogens with zero attached hydrogens (tertiary/aromatic N) is 3. The Labute approximate surface area is 167 Å². The number of pyridine rings is 1. The summed E-state index contributed by atoms with van der Waals surface area (Å²) < 4.78 is 7.18. The first-order chi connectivity index (χ1) is 13.6. The van der Waals surface area contributed by atoms with Crippen LogP contribution < -0.4 is 5.32 Å². The van der Waals surface area contributed by atoms with E-state index in [9.17, 15) is 4.79 Å². The molecule has 4 aromatic rings. The smallest absolute Gasteiger partial charge is 0.287 e. The molecule has 0 unspecified atom stereocenters. The van der Waals surface area contributed by atoms with Crippen LogP contribution in [0.15, 0.2) is 75.2 Å². The Kier molecular flexibility index (Phi) is 5.16. The Morgan fingerprint density at radius 3 is 2.79 bits per heavy atom. The molecule has 7 heteroatoms. The normalized spacial score (nSPS) is 11.2. The van der Waals surface area contributed by atoms with E-state index in [2.05, 4.69) is 41.6 Å². The highest BCUT2D eigenvalue weighted by molar-refractivity contribution is 7.99. The van der Waals surface area contributed by atoms with Gasteiger partial charge in [-0.25, -0.2) is 0 Å². The van der Waals surface area contributed by atoms with Gasteiger partial charge in [-0.2, -0.15) is 0 Å². The molecule has 0 bridgehead atoms. The van der Waals surface area contributed by atoms with Crippen LogP contribution in [0.1, 0.15) is 41.7 Å². The van der Waals surface area contributed by atoms with Crippen molar-refractivity contribution in [2.45, 2.75) is 36.1 Å². The highest BCUT2D eigenvalue weighted by atomic mass is 32.2. The van der Waals surface area contributed by atoms with Gasteiger partial charge in [0.2, 0.25) is 0 Å². The van der Waals surface area contributed by atoms with Gasteiger partial charge >= 0.3 is 0 Å². The molecule has 1 amide bonds. The lowest BCUT2D eigenvalue weighted by atomic mass is 10.2. The standard InChI is InChI=1S/C21H20N4O2S/c1-14(2)20-24-23-19-10-9-16(13-25(19)20)28-18-8-4-3-6-15(18)12-22-21(26)17-7-5-11-27-17/h3-11,13-14H,12H2,1-2H3,(H,22,26). The quantitative estimate of drug-likeness (QED) is 0.522. The lowest BCUT2D eigenvalue weighted by Gasteiger charge is -2.11. The lowest BCUT2D eigenvalue weighted by molar-refractivity contribution is 0.0923. The molecular formula is C21H20N4O2S. The number of rotatable bonds is 6. The van der Waals surface area contributed by atoms with Gasteiger partial charge in [0.15, 0.2) is 11.4 Å². The van der Waals surface area contributed by atoms with Crippen molar-refractivity contribution in [3.8, 4) is 0 Å². The number of carbonyl (C=O) groups excluding carboxylic acids is 1. The predicted octanol–water partition coefficient (Wildman–Crippen LogP) is 4.53. The summed E-state index contributed by atoms with van der Waals surface area (Å²) in [6.07, 6.45) is 3.55. The number of benzene rings is 1. The van der Waals surface area contributed by atoms with Gasteiger partial charge in [-0.05, 0) is 35.9 Å². The fraction of sp³-hybridized carbons (Fsp3) is 0.190. The summed E-state index contributed by atoms with van der Waals surface area (Å²) in [7, 11) is 0. The van der Waals surface area contributed by atoms with Gasteiger partial charge in [0.05, 0.1) is 6.26 Å². The van der Waals surface area contributed by atoms with E-state index in [4.69, 9.17) is 4.42 Å². The summed E-state index contributed by atoms with van der Waals surface area (Å²) in [4.78, 5) is 14.3. The van der Waals surface area contributed by atoms with E-state index in [1.165, 1.54) is 6.26 Å². The molecule has 4 rings (SSSR count). The molecule has 0 fully saturated rings. The van der Waals surface area contributed by atoms with Crippen molar-refractivity contribution >= 4 is 23.3 Å². The van der Waals surface area contributed by atoms with E-state index in [1.807, 2.05) is 34.7 Å². The summed E-state index contributed by atoms with van der Waals surface area (Å²) in [5, 5.41) is 11.4. The molecular weight excluding hydrogens is 372 g/mol. The zero-order chi connectivity index (χ0) is 19.5. The van der Waals surface area contributed by atoms with E-state index >= 15 is 0 Å². The van der Waals surface area contributed by atoms with Gasteiger partial charge in [-0.3, -0.25) is 9.20 Å². The van der Waals surface area contributed by atoms with Gasteiger partial charge < -0.3 is 9.73 Å². The predicted molar refractivity (Wildman–Crippen MR) is 108 cm³/mol. The lowest BCUT2D eigenvalue weighted by Crippen LogP contribution is -2.22. The van der Waals surface area contributed by atoms with Crippen molar-refractivity contribution in [2.75, 3.05) is 0 Å². The minimum Gasteiger partial charge on any atom is -0.459 e. The molecule has 0 atom stereocenters. The first kappa shape index (κ1) is 18.3.